The van der Waals surface area contributed by atoms with E-state index in [4.69, 9.17) is 0 Å². The molecule has 3 aromatic rings. The number of carbonyl (C=O) groups is 1. The quantitative estimate of drug-likeness (QED) is 0.684. The van der Waals surface area contributed by atoms with Crippen LogP contribution in [-0.2, 0) is 10.0 Å². The minimum absolute atomic E-state index is 0.246. The fourth-order valence-corrected chi connectivity index (χ4v) is 4.12. The van der Waals surface area contributed by atoms with Crippen LogP contribution in [0.2, 0.25) is 0 Å². The normalized spacial score (nSPS) is 15.8. The summed E-state index contributed by atoms with van der Waals surface area (Å²) < 4.78 is 25.9. The molecule has 1 aliphatic rings. The van der Waals surface area contributed by atoms with Gasteiger partial charge in [0.05, 0.1) is 11.9 Å². The maximum Gasteiger partial charge on any atom is 0.273 e. The molecule has 0 bridgehead atoms. The first-order chi connectivity index (χ1) is 13.3. The molecule has 0 saturated carbocycles. The third-order valence-electron chi connectivity index (χ3n) is 4.79. The van der Waals surface area contributed by atoms with Gasteiger partial charge in [0.15, 0.2) is 5.65 Å². The zero-order valence-electron chi connectivity index (χ0n) is 15.2. The number of hydrogen-bond acceptors (Lipinski definition) is 5. The molecule has 1 saturated heterocycles. The Morgan fingerprint density at radius 2 is 1.79 bits per heavy atom. The summed E-state index contributed by atoms with van der Waals surface area (Å²) in [6.07, 6.45) is 2.62. The lowest BCUT2D eigenvalue weighted by atomic mass is 10.1. The van der Waals surface area contributed by atoms with Crippen molar-refractivity contribution in [2.75, 3.05) is 32.4 Å². The number of aromatic amines is 1. The second kappa shape index (κ2) is 6.88. The molecule has 1 amide bonds. The SMILES string of the molecule is CS(=O)(=O)N1CCN(C(=O)c2c[nH]n3c(=O)cc(-c4ccccc4)nc23)CC1. The van der Waals surface area contributed by atoms with Crippen molar-refractivity contribution in [1.29, 1.82) is 0 Å². The van der Waals surface area contributed by atoms with Gasteiger partial charge in [-0.25, -0.2) is 17.9 Å². The van der Waals surface area contributed by atoms with E-state index >= 15 is 0 Å². The number of carbonyl (C=O) groups excluding carboxylic acids is 1. The van der Waals surface area contributed by atoms with Gasteiger partial charge in [-0.3, -0.25) is 14.7 Å². The van der Waals surface area contributed by atoms with Crippen LogP contribution in [0.25, 0.3) is 16.9 Å². The predicted octanol–water partition coefficient (Wildman–Crippen LogP) is 0.407. The molecule has 9 nitrogen and oxygen atoms in total. The highest BCUT2D eigenvalue weighted by atomic mass is 32.2. The molecule has 1 aliphatic heterocycles. The molecule has 0 radical (unpaired) electrons. The van der Waals surface area contributed by atoms with Crippen LogP contribution in [0.15, 0.2) is 47.4 Å². The zero-order valence-corrected chi connectivity index (χ0v) is 16.0. The standard InChI is InChI=1S/C18H19N5O4S/c1-28(26,27)22-9-7-21(8-10-22)18(25)14-12-19-23-16(24)11-15(20-17(14)23)13-5-3-2-4-6-13/h2-6,11-12,19H,7-10H2,1H3. The highest BCUT2D eigenvalue weighted by molar-refractivity contribution is 7.88. The molecule has 4 rings (SSSR count). The average molecular weight is 401 g/mol. The average Bonchev–Trinajstić information content (AvgIpc) is 3.12. The number of hydrogen-bond donors (Lipinski definition) is 1. The number of rotatable bonds is 3. The van der Waals surface area contributed by atoms with Crippen molar-refractivity contribution in [1.82, 2.24) is 23.8 Å². The highest BCUT2D eigenvalue weighted by Crippen LogP contribution is 2.18. The third-order valence-corrected chi connectivity index (χ3v) is 6.10. The Morgan fingerprint density at radius 1 is 1.11 bits per heavy atom. The Balaban J connectivity index is 1.67. The Bertz CT molecular complexity index is 1190. The van der Waals surface area contributed by atoms with E-state index in [-0.39, 0.29) is 48.9 Å². The number of sulfonamides is 1. The summed E-state index contributed by atoms with van der Waals surface area (Å²) in [5.74, 6) is -0.288. The second-order valence-electron chi connectivity index (χ2n) is 6.65. The van der Waals surface area contributed by atoms with Crippen LogP contribution in [0.3, 0.4) is 0 Å². The van der Waals surface area contributed by atoms with Crippen LogP contribution < -0.4 is 5.56 Å². The number of amides is 1. The van der Waals surface area contributed by atoms with E-state index in [1.807, 2.05) is 30.3 Å². The third kappa shape index (κ3) is 3.32. The molecule has 0 aliphatic carbocycles. The summed E-state index contributed by atoms with van der Waals surface area (Å²) in [6.45, 7) is 1.06. The molecule has 2 aromatic heterocycles. The summed E-state index contributed by atoms with van der Waals surface area (Å²) in [5, 5.41) is 2.78. The van der Waals surface area contributed by atoms with Crippen molar-refractivity contribution in [3.8, 4) is 11.3 Å². The summed E-state index contributed by atoms with van der Waals surface area (Å²) in [5.41, 5.74) is 1.49. The zero-order chi connectivity index (χ0) is 19.9. The summed E-state index contributed by atoms with van der Waals surface area (Å²) >= 11 is 0. The minimum atomic E-state index is -3.27. The van der Waals surface area contributed by atoms with E-state index in [1.165, 1.54) is 21.1 Å². The number of nitrogens with one attached hydrogen (secondary N) is 1. The van der Waals surface area contributed by atoms with Gasteiger partial charge >= 0.3 is 0 Å². The first-order valence-corrected chi connectivity index (χ1v) is 10.6. The Labute approximate surface area is 161 Å². The van der Waals surface area contributed by atoms with E-state index in [0.717, 1.165) is 11.8 Å². The van der Waals surface area contributed by atoms with Crippen LogP contribution >= 0.6 is 0 Å². The first-order valence-electron chi connectivity index (χ1n) is 8.75. The first kappa shape index (κ1) is 18.4. The van der Waals surface area contributed by atoms with Gasteiger partial charge in [0.1, 0.15) is 5.56 Å². The number of fused-ring (bicyclic) bond motifs is 1. The van der Waals surface area contributed by atoms with Gasteiger partial charge in [-0.2, -0.15) is 4.31 Å². The molecule has 0 spiro atoms. The monoisotopic (exact) mass is 401 g/mol. The smallest absolute Gasteiger partial charge is 0.273 e. The van der Waals surface area contributed by atoms with Crippen LogP contribution in [0.1, 0.15) is 10.4 Å². The van der Waals surface area contributed by atoms with Gasteiger partial charge in [0.2, 0.25) is 10.0 Å². The molecule has 10 heteroatoms. The summed E-state index contributed by atoms with van der Waals surface area (Å²) in [6, 6.07) is 10.7. The molecular weight excluding hydrogens is 382 g/mol. The highest BCUT2D eigenvalue weighted by Gasteiger charge is 2.28. The van der Waals surface area contributed by atoms with Gasteiger partial charge in [0.25, 0.3) is 11.5 Å². The van der Waals surface area contributed by atoms with Crippen molar-refractivity contribution in [3.05, 3.63) is 58.5 Å². The molecule has 28 heavy (non-hydrogen) atoms. The Kier molecular flexibility index (Phi) is 4.52. The molecular formula is C18H19N5O4S. The fraction of sp³-hybridized carbons (Fsp3) is 0.278. The maximum absolute atomic E-state index is 13.0. The van der Waals surface area contributed by atoms with E-state index < -0.39 is 10.0 Å². The molecule has 3 heterocycles. The lowest BCUT2D eigenvalue weighted by molar-refractivity contribution is 0.0700. The second-order valence-corrected chi connectivity index (χ2v) is 8.63. The lowest BCUT2D eigenvalue weighted by Gasteiger charge is -2.33. The summed E-state index contributed by atoms with van der Waals surface area (Å²) in [4.78, 5) is 31.5. The Morgan fingerprint density at radius 3 is 2.43 bits per heavy atom. The van der Waals surface area contributed by atoms with Crippen LogP contribution in [0.4, 0.5) is 0 Å². The molecule has 0 atom stereocenters. The number of aromatic nitrogens is 3. The largest absolute Gasteiger partial charge is 0.336 e. The summed E-state index contributed by atoms with van der Waals surface area (Å²) in [7, 11) is -3.27. The van der Waals surface area contributed by atoms with Crippen molar-refractivity contribution < 1.29 is 13.2 Å². The van der Waals surface area contributed by atoms with E-state index in [0.29, 0.717) is 5.69 Å². The van der Waals surface area contributed by atoms with Gasteiger partial charge in [0, 0.05) is 44.0 Å². The molecule has 146 valence electrons. The van der Waals surface area contributed by atoms with E-state index in [9.17, 15) is 18.0 Å². The number of benzene rings is 1. The molecule has 1 aromatic carbocycles. The number of piperazine rings is 1. The lowest BCUT2D eigenvalue weighted by Crippen LogP contribution is -2.50. The number of H-pyrrole nitrogens is 1. The topological polar surface area (TPSA) is 108 Å². The molecule has 1 fully saturated rings. The van der Waals surface area contributed by atoms with E-state index in [1.54, 1.807) is 4.90 Å². The predicted molar refractivity (Wildman–Crippen MR) is 104 cm³/mol. The van der Waals surface area contributed by atoms with Crippen molar-refractivity contribution in [2.45, 2.75) is 0 Å². The molecule has 0 unspecified atom stereocenters. The van der Waals surface area contributed by atoms with Gasteiger partial charge < -0.3 is 4.90 Å². The maximum atomic E-state index is 13.0. The van der Waals surface area contributed by atoms with Gasteiger partial charge in [-0.1, -0.05) is 30.3 Å². The van der Waals surface area contributed by atoms with Crippen molar-refractivity contribution >= 4 is 21.6 Å². The van der Waals surface area contributed by atoms with Gasteiger partial charge in [-0.15, -0.1) is 0 Å². The molecule has 1 N–H and O–H groups in total. The van der Waals surface area contributed by atoms with Crippen LogP contribution in [-0.4, -0.2) is 70.6 Å². The van der Waals surface area contributed by atoms with Crippen molar-refractivity contribution in [3.63, 3.8) is 0 Å². The Hall–Kier alpha value is -2.98. The van der Waals surface area contributed by atoms with Gasteiger partial charge in [-0.05, 0) is 0 Å². The minimum Gasteiger partial charge on any atom is -0.336 e. The fourth-order valence-electron chi connectivity index (χ4n) is 3.29. The van der Waals surface area contributed by atoms with E-state index in [2.05, 4.69) is 10.1 Å². The number of nitrogens with zero attached hydrogens (tertiary/aromatic N) is 4. The van der Waals surface area contributed by atoms with Crippen molar-refractivity contribution in [2.24, 2.45) is 0 Å². The van der Waals surface area contributed by atoms with Crippen LogP contribution in [0, 0.1) is 0 Å². The van der Waals surface area contributed by atoms with Crippen LogP contribution in [0.5, 0.6) is 0 Å².